The Labute approximate surface area is 180 Å². The summed E-state index contributed by atoms with van der Waals surface area (Å²) in [5.41, 5.74) is 4.20. The molecule has 1 aliphatic rings. The predicted octanol–water partition coefficient (Wildman–Crippen LogP) is 3.42. The molecule has 3 rings (SSSR count). The Morgan fingerprint density at radius 2 is 1.94 bits per heavy atom. The lowest BCUT2D eigenvalue weighted by Gasteiger charge is -2.24. The van der Waals surface area contributed by atoms with Crippen molar-refractivity contribution in [3.63, 3.8) is 0 Å². The first-order valence-electron chi connectivity index (χ1n) is 10.0. The molecule has 2 aromatic rings. The number of hydrogen-bond acceptors (Lipinski definition) is 6. The van der Waals surface area contributed by atoms with Gasteiger partial charge in [0, 0.05) is 24.6 Å². The molecule has 0 fully saturated rings. The number of carbonyl (C=O) groups is 1. The monoisotopic (exact) mass is 426 g/mol. The van der Waals surface area contributed by atoms with E-state index < -0.39 is 6.03 Å². The second-order valence-electron chi connectivity index (χ2n) is 7.29. The number of hydrazine groups is 2. The van der Waals surface area contributed by atoms with Crippen LogP contribution in [0.1, 0.15) is 42.0 Å². The van der Waals surface area contributed by atoms with Crippen molar-refractivity contribution in [2.75, 3.05) is 12.1 Å². The average molecular weight is 426 g/mol. The highest BCUT2D eigenvalue weighted by Gasteiger charge is 2.22. The highest BCUT2D eigenvalue weighted by atomic mass is 19.1. The van der Waals surface area contributed by atoms with Crippen LogP contribution in [-0.4, -0.2) is 29.7 Å². The Hall–Kier alpha value is -3.30. The summed E-state index contributed by atoms with van der Waals surface area (Å²) < 4.78 is 20.1. The Kier molecular flexibility index (Phi) is 6.98. The van der Waals surface area contributed by atoms with Gasteiger partial charge in [0.05, 0.1) is 11.4 Å². The van der Waals surface area contributed by atoms with E-state index in [9.17, 15) is 9.18 Å². The molecule has 0 radical (unpaired) electrons. The second-order valence-corrected chi connectivity index (χ2v) is 7.29. The minimum atomic E-state index is -0.565. The van der Waals surface area contributed by atoms with Gasteiger partial charge in [-0.25, -0.2) is 25.9 Å². The largest absolute Gasteiger partial charge is 0.475 e. The number of rotatable bonds is 5. The molecule has 1 aliphatic carbocycles. The molecule has 164 valence electrons. The molecular formula is C22H27FN6O2. The van der Waals surface area contributed by atoms with Crippen LogP contribution in [-0.2, 0) is 17.8 Å². The van der Waals surface area contributed by atoms with Gasteiger partial charge in [-0.05, 0) is 43.0 Å². The minimum absolute atomic E-state index is 0.139. The standard InChI is InChI=1S/C22H27FN6O2/c1-4-20(27-26-18-12-11-15-8-6-9-17(23)21(15)18)31-13-16-14(2)7-5-10-19(16)29(25)22(30)28(3)24/h5-10H,4,11-13,24-25H2,1-3H3/b26-18?,27-20-. The number of ether oxygens (including phenoxy) is 1. The summed E-state index contributed by atoms with van der Waals surface area (Å²) in [6, 6.07) is 9.88. The first-order valence-corrected chi connectivity index (χ1v) is 10.0. The number of carbonyl (C=O) groups excluding carboxylic acids is 1. The molecule has 2 aromatic carbocycles. The second kappa shape index (κ2) is 9.67. The van der Waals surface area contributed by atoms with Gasteiger partial charge < -0.3 is 4.74 Å². The zero-order chi connectivity index (χ0) is 22.5. The zero-order valence-corrected chi connectivity index (χ0v) is 17.9. The van der Waals surface area contributed by atoms with Gasteiger partial charge in [-0.3, -0.25) is 5.01 Å². The van der Waals surface area contributed by atoms with E-state index in [-0.39, 0.29) is 12.4 Å². The molecule has 0 unspecified atom stereocenters. The van der Waals surface area contributed by atoms with Crippen molar-refractivity contribution in [1.82, 2.24) is 5.01 Å². The van der Waals surface area contributed by atoms with Crippen molar-refractivity contribution in [3.8, 4) is 0 Å². The Bertz CT molecular complexity index is 1030. The predicted molar refractivity (Wildman–Crippen MR) is 119 cm³/mol. The van der Waals surface area contributed by atoms with E-state index in [4.69, 9.17) is 16.4 Å². The first-order chi connectivity index (χ1) is 14.8. The number of benzene rings is 2. The van der Waals surface area contributed by atoms with E-state index in [0.717, 1.165) is 33.1 Å². The van der Waals surface area contributed by atoms with E-state index in [1.54, 1.807) is 18.2 Å². The van der Waals surface area contributed by atoms with Gasteiger partial charge in [0.15, 0.2) is 0 Å². The van der Waals surface area contributed by atoms with Crippen LogP contribution in [0.5, 0.6) is 0 Å². The van der Waals surface area contributed by atoms with Crippen molar-refractivity contribution in [3.05, 3.63) is 64.5 Å². The lowest BCUT2D eigenvalue weighted by molar-refractivity contribution is 0.216. The molecule has 31 heavy (non-hydrogen) atoms. The van der Waals surface area contributed by atoms with E-state index in [0.29, 0.717) is 35.7 Å². The molecule has 2 amide bonds. The van der Waals surface area contributed by atoms with Crippen molar-refractivity contribution >= 4 is 23.3 Å². The first kappa shape index (κ1) is 22.4. The Morgan fingerprint density at radius 3 is 2.65 bits per heavy atom. The van der Waals surface area contributed by atoms with Crippen LogP contribution < -0.4 is 16.7 Å². The van der Waals surface area contributed by atoms with Crippen LogP contribution in [0.2, 0.25) is 0 Å². The molecule has 8 nitrogen and oxygen atoms in total. The lowest BCUT2D eigenvalue weighted by Crippen LogP contribution is -2.49. The summed E-state index contributed by atoms with van der Waals surface area (Å²) in [7, 11) is 1.42. The van der Waals surface area contributed by atoms with Crippen LogP contribution in [0, 0.1) is 12.7 Å². The normalized spacial score (nSPS) is 14.5. The van der Waals surface area contributed by atoms with Crippen molar-refractivity contribution in [2.45, 2.75) is 39.7 Å². The molecule has 0 aliphatic heterocycles. The number of anilines is 1. The maximum atomic E-state index is 14.2. The van der Waals surface area contributed by atoms with Gasteiger partial charge in [-0.15, -0.1) is 5.10 Å². The maximum Gasteiger partial charge on any atom is 0.352 e. The molecule has 0 bridgehead atoms. The van der Waals surface area contributed by atoms with E-state index >= 15 is 0 Å². The molecule has 0 saturated heterocycles. The highest BCUT2D eigenvalue weighted by molar-refractivity contribution is 6.04. The van der Waals surface area contributed by atoms with Gasteiger partial charge in [-0.1, -0.05) is 31.2 Å². The third-order valence-corrected chi connectivity index (χ3v) is 5.14. The average Bonchev–Trinajstić information content (AvgIpc) is 3.18. The Morgan fingerprint density at radius 1 is 1.19 bits per heavy atom. The summed E-state index contributed by atoms with van der Waals surface area (Å²) in [4.78, 5) is 12.2. The molecule has 0 spiro atoms. The summed E-state index contributed by atoms with van der Waals surface area (Å²) >= 11 is 0. The van der Waals surface area contributed by atoms with E-state index in [1.165, 1.54) is 13.1 Å². The number of urea groups is 1. The summed E-state index contributed by atoms with van der Waals surface area (Å²) in [6.45, 7) is 3.93. The summed E-state index contributed by atoms with van der Waals surface area (Å²) in [5.74, 6) is 11.6. The fourth-order valence-corrected chi connectivity index (χ4v) is 3.42. The number of hydrogen-bond donors (Lipinski definition) is 2. The maximum absolute atomic E-state index is 14.2. The molecule has 0 aromatic heterocycles. The fourth-order valence-electron chi connectivity index (χ4n) is 3.42. The van der Waals surface area contributed by atoms with Gasteiger partial charge in [0.2, 0.25) is 5.90 Å². The quantitative estimate of drug-likeness (QED) is 0.251. The number of halogens is 1. The highest BCUT2D eigenvalue weighted by Crippen LogP contribution is 2.26. The van der Waals surface area contributed by atoms with Crippen LogP contribution in [0.3, 0.4) is 0 Å². The minimum Gasteiger partial charge on any atom is -0.475 e. The number of aryl methyl sites for hydroxylation is 2. The number of fused-ring (bicyclic) bond motifs is 1. The smallest absolute Gasteiger partial charge is 0.352 e. The number of nitrogens with two attached hydrogens (primary N) is 2. The van der Waals surface area contributed by atoms with Crippen LogP contribution >= 0.6 is 0 Å². The third kappa shape index (κ3) is 4.89. The molecule has 9 heteroatoms. The van der Waals surface area contributed by atoms with Crippen LogP contribution in [0.4, 0.5) is 14.9 Å². The number of nitrogens with zero attached hydrogens (tertiary/aromatic N) is 4. The summed E-state index contributed by atoms with van der Waals surface area (Å²) in [6.07, 6.45) is 1.88. The van der Waals surface area contributed by atoms with Gasteiger partial charge >= 0.3 is 6.03 Å². The van der Waals surface area contributed by atoms with Crippen LogP contribution in [0.25, 0.3) is 0 Å². The van der Waals surface area contributed by atoms with Crippen molar-refractivity contribution < 1.29 is 13.9 Å². The fraction of sp³-hybridized carbons (Fsp3) is 0.318. The third-order valence-electron chi connectivity index (χ3n) is 5.14. The molecule has 0 atom stereocenters. The van der Waals surface area contributed by atoms with E-state index in [1.807, 2.05) is 26.0 Å². The number of amides is 2. The molecular weight excluding hydrogens is 399 g/mol. The zero-order valence-electron chi connectivity index (χ0n) is 17.9. The molecule has 0 saturated carbocycles. The van der Waals surface area contributed by atoms with Gasteiger partial charge in [0.25, 0.3) is 0 Å². The molecule has 0 heterocycles. The van der Waals surface area contributed by atoms with Crippen molar-refractivity contribution in [1.29, 1.82) is 0 Å². The lowest BCUT2D eigenvalue weighted by atomic mass is 10.1. The van der Waals surface area contributed by atoms with Gasteiger partial charge in [-0.2, -0.15) is 5.10 Å². The Balaban J connectivity index is 1.80. The summed E-state index contributed by atoms with van der Waals surface area (Å²) in [5, 5.41) is 10.4. The van der Waals surface area contributed by atoms with Gasteiger partial charge in [0.1, 0.15) is 12.4 Å². The van der Waals surface area contributed by atoms with Crippen molar-refractivity contribution in [2.24, 2.45) is 21.9 Å². The van der Waals surface area contributed by atoms with Crippen LogP contribution in [0.15, 0.2) is 46.6 Å². The van der Waals surface area contributed by atoms with E-state index in [2.05, 4.69) is 10.2 Å². The SMILES string of the molecule is CC/C(=N/N=C1CCc2cccc(F)c21)OCc1c(C)cccc1N(N)C(=O)N(C)N. The topological polar surface area (TPSA) is 110 Å². The molecule has 4 N–H and O–H groups in total.